The largest absolute Gasteiger partial charge is 0.466 e. The maximum absolute atomic E-state index is 11.0. The molecule has 1 fully saturated rings. The molecule has 0 spiro atoms. The summed E-state index contributed by atoms with van der Waals surface area (Å²) in [7, 11) is 2.23. The predicted octanol–water partition coefficient (Wildman–Crippen LogP) is 3.82. The molecule has 0 aromatic rings. The van der Waals surface area contributed by atoms with E-state index >= 15 is 0 Å². The van der Waals surface area contributed by atoms with Crippen LogP contribution in [0.2, 0.25) is 0 Å². The fourth-order valence-corrected chi connectivity index (χ4v) is 2.96. The third kappa shape index (κ3) is 4.63. The molecule has 0 amide bonds. The summed E-state index contributed by atoms with van der Waals surface area (Å²) < 4.78 is 6.37. The molecule has 0 radical (unpaired) electrons. The van der Waals surface area contributed by atoms with Gasteiger partial charge in [0, 0.05) is 12.1 Å². The molecule has 0 aromatic carbocycles. The summed E-state index contributed by atoms with van der Waals surface area (Å²) >= 11 is 0. The van der Waals surface area contributed by atoms with Gasteiger partial charge in [0.2, 0.25) is 0 Å². The van der Waals surface area contributed by atoms with E-state index < -0.39 is 0 Å². The van der Waals surface area contributed by atoms with Crippen LogP contribution in [-0.4, -0.2) is 23.6 Å². The number of nitrogens with one attached hydrogen (secondary N) is 2. The maximum Gasteiger partial charge on any atom is 0.330 e. The van der Waals surface area contributed by atoms with Crippen LogP contribution in [0.25, 0.3) is 0 Å². The molecule has 0 aromatic heterocycles. The molecular weight excluding hydrogens is 256 g/mol. The molecule has 7 heteroatoms. The van der Waals surface area contributed by atoms with E-state index in [0.29, 0.717) is 29.0 Å². The number of carbonyl (C=O) groups is 1. The third-order valence-corrected chi connectivity index (χ3v) is 4.58. The minimum atomic E-state index is -0.303. The van der Waals surface area contributed by atoms with Crippen LogP contribution >= 0.6 is 17.0 Å². The summed E-state index contributed by atoms with van der Waals surface area (Å²) in [5, 5.41) is 14.6. The second kappa shape index (κ2) is 7.65. The molecule has 2 N–H and O–H groups in total. The Balaban J connectivity index is 2.40. The number of rotatable bonds is 5. The highest BCUT2D eigenvalue weighted by molar-refractivity contribution is 7.39. The highest BCUT2D eigenvalue weighted by Crippen LogP contribution is 2.34. The van der Waals surface area contributed by atoms with E-state index in [0.717, 1.165) is 25.7 Å². The lowest BCUT2D eigenvalue weighted by Crippen LogP contribution is -2.25. The zero-order valence-corrected chi connectivity index (χ0v) is 11.6. The van der Waals surface area contributed by atoms with Crippen molar-refractivity contribution in [1.82, 2.24) is 4.44 Å². The maximum atomic E-state index is 11.0. The molecule has 0 saturated heterocycles. The zero-order valence-electron chi connectivity index (χ0n) is 9.80. The van der Waals surface area contributed by atoms with Crippen LogP contribution in [0.4, 0.5) is 0 Å². The predicted molar refractivity (Wildman–Crippen MR) is 68.0 cm³/mol. The average Bonchev–Trinajstić information content (AvgIpc) is 2.38. The molecule has 0 atom stereocenters. The molecule has 0 unspecified atom stereocenters. The first-order valence-electron chi connectivity index (χ1n) is 5.51. The Morgan fingerprint density at radius 3 is 2.35 bits per heavy atom. The Bertz CT molecular complexity index is 307. The van der Waals surface area contributed by atoms with Gasteiger partial charge in [-0.2, -0.15) is 4.44 Å². The smallest absolute Gasteiger partial charge is 0.330 e. The first-order chi connectivity index (χ1) is 8.21. The second-order valence-electron chi connectivity index (χ2n) is 3.97. The Morgan fingerprint density at radius 2 is 1.88 bits per heavy atom. The molecule has 0 bridgehead atoms. The summed E-state index contributed by atoms with van der Waals surface area (Å²) in [5.41, 5.74) is 0. The van der Waals surface area contributed by atoms with E-state index in [1.165, 1.54) is 13.2 Å². The van der Waals surface area contributed by atoms with E-state index in [-0.39, 0.29) is 5.97 Å². The van der Waals surface area contributed by atoms with E-state index in [1.54, 1.807) is 0 Å². The van der Waals surface area contributed by atoms with Crippen molar-refractivity contribution in [1.29, 1.82) is 10.3 Å². The highest BCUT2D eigenvalue weighted by atomic mass is 31.1. The van der Waals surface area contributed by atoms with Gasteiger partial charge in [-0.05, 0) is 31.6 Å². The van der Waals surface area contributed by atoms with Crippen molar-refractivity contribution in [2.75, 3.05) is 7.11 Å². The summed E-state index contributed by atoms with van der Waals surface area (Å²) in [5.74, 6) is 0.125. The van der Waals surface area contributed by atoms with Gasteiger partial charge in [0.25, 0.3) is 0 Å². The minimum absolute atomic E-state index is 0.303. The van der Waals surface area contributed by atoms with Gasteiger partial charge in [-0.1, -0.05) is 6.08 Å². The van der Waals surface area contributed by atoms with Gasteiger partial charge in [-0.25, -0.2) is 4.79 Å². The standard InChI is InChI=1S/C10H17N3O2P2/c1-15-10(14)7-4-8-2-5-9(6-3-8)13(16-11)17-12/h4,7-9,11-12H,2-3,5-6H2,1H3/b7-4+. The lowest BCUT2D eigenvalue weighted by Gasteiger charge is -2.29. The molecule has 0 heterocycles. The van der Waals surface area contributed by atoms with Gasteiger partial charge in [0.05, 0.1) is 7.11 Å². The molecule has 1 rings (SSSR count). The number of nitrogens with zero attached hydrogens (tertiary/aromatic N) is 1. The zero-order chi connectivity index (χ0) is 12.7. The summed E-state index contributed by atoms with van der Waals surface area (Å²) in [6.45, 7) is 0. The molecule has 17 heavy (non-hydrogen) atoms. The minimum Gasteiger partial charge on any atom is -0.466 e. The average molecular weight is 273 g/mol. The highest BCUT2D eigenvalue weighted by Gasteiger charge is 2.23. The number of carbonyl (C=O) groups excluding carboxylic acids is 1. The SMILES string of the molecule is COC(=O)/C=C/C1CCC(N(P=N)P=N)CC1. The van der Waals surface area contributed by atoms with E-state index in [1.807, 2.05) is 10.5 Å². The van der Waals surface area contributed by atoms with E-state index in [2.05, 4.69) is 4.74 Å². The van der Waals surface area contributed by atoms with Crippen LogP contribution < -0.4 is 0 Å². The molecule has 0 aliphatic heterocycles. The van der Waals surface area contributed by atoms with Crippen LogP contribution in [0.3, 0.4) is 0 Å². The van der Waals surface area contributed by atoms with Crippen LogP contribution in [0, 0.1) is 16.2 Å². The first-order valence-corrected chi connectivity index (χ1v) is 7.20. The summed E-state index contributed by atoms with van der Waals surface area (Å²) in [6, 6.07) is 0.344. The second-order valence-corrected chi connectivity index (χ2v) is 5.55. The van der Waals surface area contributed by atoms with E-state index in [4.69, 9.17) is 10.3 Å². The van der Waals surface area contributed by atoms with Gasteiger partial charge in [-0.3, -0.25) is 10.3 Å². The van der Waals surface area contributed by atoms with Gasteiger partial charge in [-0.15, -0.1) is 0 Å². The van der Waals surface area contributed by atoms with Crippen molar-refractivity contribution in [3.8, 4) is 0 Å². The lowest BCUT2D eigenvalue weighted by molar-refractivity contribution is -0.134. The fraction of sp³-hybridized carbons (Fsp3) is 0.700. The number of hydrogen-bond donors (Lipinski definition) is 2. The van der Waals surface area contributed by atoms with E-state index in [9.17, 15) is 4.79 Å². The monoisotopic (exact) mass is 273 g/mol. The topological polar surface area (TPSA) is 77.2 Å². The first kappa shape index (κ1) is 14.4. The van der Waals surface area contributed by atoms with Gasteiger partial charge < -0.3 is 4.74 Å². The van der Waals surface area contributed by atoms with Crippen LogP contribution in [-0.2, 0) is 9.53 Å². The lowest BCUT2D eigenvalue weighted by atomic mass is 9.86. The normalized spacial score (nSPS) is 25.8. The Hall–Kier alpha value is -0.630. The van der Waals surface area contributed by atoms with Gasteiger partial charge >= 0.3 is 5.97 Å². The Labute approximate surface area is 105 Å². The number of methoxy groups -OCH3 is 1. The van der Waals surface area contributed by atoms with Crippen LogP contribution in [0.5, 0.6) is 0 Å². The molecule has 1 saturated carbocycles. The third-order valence-electron chi connectivity index (χ3n) is 2.98. The van der Waals surface area contributed by atoms with Crippen molar-refractivity contribution >= 4 is 23.0 Å². The molecule has 5 nitrogen and oxygen atoms in total. The number of hydrogen-bond acceptors (Lipinski definition) is 4. The number of esters is 1. The summed E-state index contributed by atoms with van der Waals surface area (Å²) in [6.07, 6.45) is 7.43. The van der Waals surface area contributed by atoms with Crippen LogP contribution in [0.1, 0.15) is 25.7 Å². The van der Waals surface area contributed by atoms with Crippen molar-refractivity contribution in [2.45, 2.75) is 31.7 Å². The molecule has 1 aliphatic rings. The number of allylic oxidation sites excluding steroid dienone is 1. The van der Waals surface area contributed by atoms with Crippen molar-refractivity contribution < 1.29 is 9.53 Å². The molecule has 94 valence electrons. The van der Waals surface area contributed by atoms with Gasteiger partial charge in [0.1, 0.15) is 17.0 Å². The van der Waals surface area contributed by atoms with Crippen LogP contribution in [0.15, 0.2) is 12.2 Å². The van der Waals surface area contributed by atoms with Gasteiger partial charge in [0.15, 0.2) is 0 Å². The van der Waals surface area contributed by atoms with Crippen molar-refractivity contribution in [2.24, 2.45) is 5.92 Å². The fourth-order valence-electron chi connectivity index (χ4n) is 1.99. The Morgan fingerprint density at radius 1 is 1.29 bits per heavy atom. The van der Waals surface area contributed by atoms with Crippen molar-refractivity contribution in [3.05, 3.63) is 12.2 Å². The molecular formula is C10H17N3O2P2. The van der Waals surface area contributed by atoms with Crippen molar-refractivity contribution in [3.63, 3.8) is 0 Å². The molecule has 1 aliphatic carbocycles. The number of ether oxygens (including phenoxy) is 1. The summed E-state index contributed by atoms with van der Waals surface area (Å²) in [4.78, 5) is 11.0. The Kier molecular flexibility index (Phi) is 6.49. The quantitative estimate of drug-likeness (QED) is 0.454.